The average Bonchev–Trinajstić information content (AvgIpc) is 2.69. The standard InChI is InChI=1S/C13H21N3O3S/c1-8(16-12(18)19-13(3,4)5)11(17)15-7-10-6-14-9(2)20-10/h6,8H,7H2,1-5H3,(H,15,17)(H,16,18). The van der Waals surface area contributed by atoms with Crippen LogP contribution in [0.1, 0.15) is 37.6 Å². The van der Waals surface area contributed by atoms with E-state index in [2.05, 4.69) is 15.6 Å². The molecule has 0 aliphatic heterocycles. The molecule has 1 atom stereocenters. The number of thiazole rings is 1. The number of aromatic nitrogens is 1. The molecule has 6 nitrogen and oxygen atoms in total. The van der Waals surface area contributed by atoms with Crippen LogP contribution in [-0.2, 0) is 16.1 Å². The Bertz CT molecular complexity index is 479. The van der Waals surface area contributed by atoms with E-state index in [1.165, 1.54) is 11.3 Å². The second-order valence-corrected chi connectivity index (χ2v) is 6.75. The van der Waals surface area contributed by atoms with E-state index in [1.54, 1.807) is 33.9 Å². The summed E-state index contributed by atoms with van der Waals surface area (Å²) in [6, 6.07) is -0.654. The smallest absolute Gasteiger partial charge is 0.408 e. The van der Waals surface area contributed by atoms with Gasteiger partial charge in [0, 0.05) is 11.1 Å². The maximum Gasteiger partial charge on any atom is 0.408 e. The molecule has 1 aromatic rings. The maximum atomic E-state index is 11.8. The molecule has 0 fully saturated rings. The molecule has 0 aliphatic carbocycles. The van der Waals surface area contributed by atoms with Gasteiger partial charge in [0.25, 0.3) is 0 Å². The third-order valence-electron chi connectivity index (χ3n) is 2.23. The van der Waals surface area contributed by atoms with Crippen LogP contribution >= 0.6 is 11.3 Å². The number of rotatable bonds is 4. The van der Waals surface area contributed by atoms with Gasteiger partial charge in [-0.05, 0) is 34.6 Å². The first-order valence-corrected chi connectivity index (χ1v) is 7.17. The summed E-state index contributed by atoms with van der Waals surface area (Å²) in [4.78, 5) is 28.4. The second kappa shape index (κ2) is 6.69. The van der Waals surface area contributed by atoms with Gasteiger partial charge < -0.3 is 15.4 Å². The SMILES string of the molecule is Cc1ncc(CNC(=O)C(C)NC(=O)OC(C)(C)C)s1. The normalized spacial score (nSPS) is 12.7. The summed E-state index contributed by atoms with van der Waals surface area (Å²) in [7, 11) is 0. The summed E-state index contributed by atoms with van der Waals surface area (Å²) in [6.07, 6.45) is 1.13. The van der Waals surface area contributed by atoms with Crippen LogP contribution in [0.4, 0.5) is 4.79 Å². The summed E-state index contributed by atoms with van der Waals surface area (Å²) < 4.78 is 5.09. The average molecular weight is 299 g/mol. The first kappa shape index (κ1) is 16.4. The molecule has 1 heterocycles. The molecule has 1 aromatic heterocycles. The molecule has 0 spiro atoms. The van der Waals surface area contributed by atoms with Gasteiger partial charge in [-0.15, -0.1) is 11.3 Å². The molecule has 7 heteroatoms. The number of carbonyl (C=O) groups excluding carboxylic acids is 2. The van der Waals surface area contributed by atoms with Gasteiger partial charge in [0.05, 0.1) is 11.6 Å². The number of amides is 2. The van der Waals surface area contributed by atoms with Gasteiger partial charge in [0.15, 0.2) is 0 Å². The lowest BCUT2D eigenvalue weighted by Crippen LogP contribution is -2.46. The summed E-state index contributed by atoms with van der Waals surface area (Å²) in [5.41, 5.74) is -0.583. The Balaban J connectivity index is 2.37. The largest absolute Gasteiger partial charge is 0.444 e. The van der Waals surface area contributed by atoms with Crippen LogP contribution in [0, 0.1) is 6.92 Å². The van der Waals surface area contributed by atoms with Gasteiger partial charge in [0.1, 0.15) is 11.6 Å². The van der Waals surface area contributed by atoms with Crippen LogP contribution in [0.5, 0.6) is 0 Å². The number of nitrogens with zero attached hydrogens (tertiary/aromatic N) is 1. The monoisotopic (exact) mass is 299 g/mol. The molecule has 0 radical (unpaired) electrons. The van der Waals surface area contributed by atoms with E-state index in [0.29, 0.717) is 6.54 Å². The Labute approximate surface area is 122 Å². The van der Waals surface area contributed by atoms with E-state index in [1.807, 2.05) is 6.92 Å². The lowest BCUT2D eigenvalue weighted by Gasteiger charge is -2.21. The lowest BCUT2D eigenvalue weighted by atomic mass is 10.2. The van der Waals surface area contributed by atoms with E-state index >= 15 is 0 Å². The minimum atomic E-state index is -0.654. The third kappa shape index (κ3) is 6.01. The Kier molecular flexibility index (Phi) is 5.50. The predicted octanol–water partition coefficient (Wildman–Crippen LogP) is 1.98. The number of aryl methyl sites for hydroxylation is 1. The zero-order chi connectivity index (χ0) is 15.3. The topological polar surface area (TPSA) is 80.3 Å². The summed E-state index contributed by atoms with van der Waals surface area (Å²) in [6.45, 7) is 9.22. The highest BCUT2D eigenvalue weighted by atomic mass is 32.1. The highest BCUT2D eigenvalue weighted by Gasteiger charge is 2.20. The number of hydrogen-bond acceptors (Lipinski definition) is 5. The fourth-order valence-electron chi connectivity index (χ4n) is 1.36. The van der Waals surface area contributed by atoms with Crippen LogP contribution in [0.25, 0.3) is 0 Å². The van der Waals surface area contributed by atoms with Crippen molar-refractivity contribution in [2.24, 2.45) is 0 Å². The number of ether oxygens (including phenoxy) is 1. The molecular weight excluding hydrogens is 278 g/mol. The molecule has 2 amide bonds. The number of nitrogens with one attached hydrogen (secondary N) is 2. The molecule has 0 saturated carbocycles. The number of hydrogen-bond donors (Lipinski definition) is 2. The van der Waals surface area contributed by atoms with E-state index in [9.17, 15) is 9.59 Å². The zero-order valence-electron chi connectivity index (χ0n) is 12.4. The molecule has 2 N–H and O–H groups in total. The van der Waals surface area contributed by atoms with E-state index in [4.69, 9.17) is 4.74 Å². The van der Waals surface area contributed by atoms with Crippen molar-refractivity contribution < 1.29 is 14.3 Å². The zero-order valence-corrected chi connectivity index (χ0v) is 13.3. The summed E-state index contributed by atoms with van der Waals surface area (Å²) >= 11 is 1.53. The molecule has 1 rings (SSSR count). The van der Waals surface area contributed by atoms with Gasteiger partial charge >= 0.3 is 6.09 Å². The molecule has 0 aromatic carbocycles. The Morgan fingerprint density at radius 2 is 2.10 bits per heavy atom. The molecule has 112 valence electrons. The van der Waals surface area contributed by atoms with Crippen LogP contribution in [-0.4, -0.2) is 28.6 Å². The Morgan fingerprint density at radius 1 is 1.45 bits per heavy atom. The molecule has 20 heavy (non-hydrogen) atoms. The van der Waals surface area contributed by atoms with Gasteiger partial charge in [-0.25, -0.2) is 9.78 Å². The van der Waals surface area contributed by atoms with Crippen LogP contribution in [0.15, 0.2) is 6.20 Å². The fourth-order valence-corrected chi connectivity index (χ4v) is 2.10. The highest BCUT2D eigenvalue weighted by molar-refractivity contribution is 7.11. The maximum absolute atomic E-state index is 11.8. The second-order valence-electron chi connectivity index (χ2n) is 5.43. The molecule has 0 saturated heterocycles. The van der Waals surface area contributed by atoms with Gasteiger partial charge in [-0.2, -0.15) is 0 Å². The van der Waals surface area contributed by atoms with Crippen molar-refractivity contribution in [3.05, 3.63) is 16.1 Å². The quantitative estimate of drug-likeness (QED) is 0.891. The number of carbonyl (C=O) groups is 2. The van der Waals surface area contributed by atoms with Crippen LogP contribution in [0.3, 0.4) is 0 Å². The first-order valence-electron chi connectivity index (χ1n) is 6.36. The van der Waals surface area contributed by atoms with E-state index < -0.39 is 17.7 Å². The van der Waals surface area contributed by atoms with E-state index in [0.717, 1.165) is 9.88 Å². The van der Waals surface area contributed by atoms with Crippen LogP contribution < -0.4 is 10.6 Å². The molecule has 0 aliphatic rings. The minimum absolute atomic E-state index is 0.262. The Hall–Kier alpha value is -1.63. The third-order valence-corrected chi connectivity index (χ3v) is 3.15. The molecule has 1 unspecified atom stereocenters. The van der Waals surface area contributed by atoms with Crippen molar-refractivity contribution in [2.45, 2.75) is 52.8 Å². The predicted molar refractivity (Wildman–Crippen MR) is 77.5 cm³/mol. The van der Waals surface area contributed by atoms with Crippen molar-refractivity contribution in [2.75, 3.05) is 0 Å². The van der Waals surface area contributed by atoms with Crippen molar-refractivity contribution in [1.82, 2.24) is 15.6 Å². The van der Waals surface area contributed by atoms with E-state index in [-0.39, 0.29) is 5.91 Å². The number of alkyl carbamates (subject to hydrolysis) is 1. The van der Waals surface area contributed by atoms with Crippen molar-refractivity contribution in [1.29, 1.82) is 0 Å². The summed E-state index contributed by atoms with van der Waals surface area (Å²) in [5, 5.41) is 6.19. The Morgan fingerprint density at radius 3 is 2.60 bits per heavy atom. The lowest BCUT2D eigenvalue weighted by molar-refractivity contribution is -0.122. The fraction of sp³-hybridized carbons (Fsp3) is 0.615. The highest BCUT2D eigenvalue weighted by Crippen LogP contribution is 2.10. The van der Waals surface area contributed by atoms with Gasteiger partial charge in [-0.1, -0.05) is 0 Å². The summed E-state index contributed by atoms with van der Waals surface area (Å²) in [5.74, 6) is -0.262. The minimum Gasteiger partial charge on any atom is -0.444 e. The molecular formula is C13H21N3O3S. The van der Waals surface area contributed by atoms with Crippen molar-refractivity contribution >= 4 is 23.3 Å². The first-order chi connectivity index (χ1) is 9.17. The van der Waals surface area contributed by atoms with Gasteiger partial charge in [-0.3, -0.25) is 4.79 Å². The molecule has 0 bridgehead atoms. The van der Waals surface area contributed by atoms with Crippen molar-refractivity contribution in [3.63, 3.8) is 0 Å². The van der Waals surface area contributed by atoms with Crippen molar-refractivity contribution in [3.8, 4) is 0 Å². The van der Waals surface area contributed by atoms with Gasteiger partial charge in [0.2, 0.25) is 5.91 Å². The van der Waals surface area contributed by atoms with Crippen LogP contribution in [0.2, 0.25) is 0 Å².